The Kier molecular flexibility index (Phi) is 6.24. The third-order valence-electron chi connectivity index (χ3n) is 2.18. The molecule has 4 atom stereocenters. The summed E-state index contributed by atoms with van der Waals surface area (Å²) in [5.74, 6) is 0. The highest BCUT2D eigenvalue weighted by molar-refractivity contribution is 4.69. The lowest BCUT2D eigenvalue weighted by Crippen LogP contribution is -2.29. The highest BCUT2D eigenvalue weighted by atomic mass is 16.3. The SMILES string of the molecule is CCC(O)C(O)CCC(O)C(C)O. The fraction of sp³-hybridized carbons (Fsp3) is 1.00. The van der Waals surface area contributed by atoms with E-state index >= 15 is 0 Å². The molecule has 0 spiro atoms. The van der Waals surface area contributed by atoms with Gasteiger partial charge in [-0.25, -0.2) is 0 Å². The first kappa shape index (κ1) is 12.8. The molecule has 0 amide bonds. The summed E-state index contributed by atoms with van der Waals surface area (Å²) in [5, 5.41) is 36.6. The molecular weight excluding hydrogens is 172 g/mol. The van der Waals surface area contributed by atoms with Crippen LogP contribution in [0.2, 0.25) is 0 Å². The van der Waals surface area contributed by atoms with Gasteiger partial charge in [-0.15, -0.1) is 0 Å². The van der Waals surface area contributed by atoms with E-state index in [2.05, 4.69) is 0 Å². The van der Waals surface area contributed by atoms with Gasteiger partial charge in [0.1, 0.15) is 0 Å². The molecule has 0 saturated heterocycles. The normalized spacial score (nSPS) is 20.8. The number of aliphatic hydroxyl groups is 4. The molecule has 0 aliphatic heterocycles. The van der Waals surface area contributed by atoms with Crippen molar-refractivity contribution in [2.75, 3.05) is 0 Å². The highest BCUT2D eigenvalue weighted by Crippen LogP contribution is 2.09. The van der Waals surface area contributed by atoms with Crippen molar-refractivity contribution in [3.63, 3.8) is 0 Å². The molecule has 0 bridgehead atoms. The summed E-state index contributed by atoms with van der Waals surface area (Å²) in [7, 11) is 0. The van der Waals surface area contributed by atoms with E-state index in [4.69, 9.17) is 5.11 Å². The first-order valence-electron chi connectivity index (χ1n) is 4.71. The van der Waals surface area contributed by atoms with E-state index in [1.165, 1.54) is 6.92 Å². The van der Waals surface area contributed by atoms with E-state index in [0.717, 1.165) is 0 Å². The van der Waals surface area contributed by atoms with Crippen molar-refractivity contribution in [2.45, 2.75) is 57.5 Å². The molecule has 0 radical (unpaired) electrons. The van der Waals surface area contributed by atoms with Crippen molar-refractivity contribution in [2.24, 2.45) is 0 Å². The zero-order valence-corrected chi connectivity index (χ0v) is 8.22. The number of hydrogen-bond donors (Lipinski definition) is 4. The van der Waals surface area contributed by atoms with Gasteiger partial charge in [-0.3, -0.25) is 0 Å². The molecule has 0 fully saturated rings. The standard InChI is InChI=1S/C9H20O4/c1-3-7(11)9(13)5-4-8(12)6(2)10/h6-13H,3-5H2,1-2H3. The van der Waals surface area contributed by atoms with Crippen molar-refractivity contribution in [3.05, 3.63) is 0 Å². The van der Waals surface area contributed by atoms with Crippen LogP contribution < -0.4 is 0 Å². The maximum atomic E-state index is 9.31. The molecule has 80 valence electrons. The van der Waals surface area contributed by atoms with Gasteiger partial charge in [-0.2, -0.15) is 0 Å². The van der Waals surface area contributed by atoms with Gasteiger partial charge in [-0.1, -0.05) is 6.92 Å². The predicted molar refractivity (Wildman–Crippen MR) is 49.2 cm³/mol. The second kappa shape index (κ2) is 6.32. The van der Waals surface area contributed by atoms with Gasteiger partial charge in [0.05, 0.1) is 24.4 Å². The molecule has 4 heteroatoms. The van der Waals surface area contributed by atoms with Crippen LogP contribution in [-0.2, 0) is 0 Å². The second-order valence-corrected chi connectivity index (χ2v) is 3.43. The third-order valence-corrected chi connectivity index (χ3v) is 2.18. The van der Waals surface area contributed by atoms with Crippen LogP contribution in [0.15, 0.2) is 0 Å². The Morgan fingerprint density at radius 3 is 1.69 bits per heavy atom. The van der Waals surface area contributed by atoms with Crippen molar-refractivity contribution in [1.82, 2.24) is 0 Å². The lowest BCUT2D eigenvalue weighted by Gasteiger charge is -2.19. The van der Waals surface area contributed by atoms with Crippen molar-refractivity contribution >= 4 is 0 Å². The zero-order chi connectivity index (χ0) is 10.4. The van der Waals surface area contributed by atoms with E-state index in [-0.39, 0.29) is 0 Å². The Balaban J connectivity index is 3.63. The minimum Gasteiger partial charge on any atom is -0.391 e. The second-order valence-electron chi connectivity index (χ2n) is 3.43. The molecule has 13 heavy (non-hydrogen) atoms. The summed E-state index contributed by atoms with van der Waals surface area (Å²) in [6.45, 7) is 3.27. The van der Waals surface area contributed by atoms with Crippen LogP contribution in [0.1, 0.15) is 33.1 Å². The minimum atomic E-state index is -0.821. The number of hydrogen-bond acceptors (Lipinski definition) is 4. The summed E-state index contributed by atoms with van der Waals surface area (Å²) in [5.41, 5.74) is 0. The van der Waals surface area contributed by atoms with Crippen molar-refractivity contribution in [1.29, 1.82) is 0 Å². The van der Waals surface area contributed by atoms with Crippen LogP contribution in [-0.4, -0.2) is 44.8 Å². The average Bonchev–Trinajstić information content (AvgIpc) is 2.11. The minimum absolute atomic E-state index is 0.301. The fourth-order valence-corrected chi connectivity index (χ4v) is 1.05. The van der Waals surface area contributed by atoms with Crippen LogP contribution >= 0.6 is 0 Å². The number of rotatable bonds is 6. The molecule has 0 aliphatic rings. The van der Waals surface area contributed by atoms with Crippen molar-refractivity contribution < 1.29 is 20.4 Å². The summed E-state index contributed by atoms with van der Waals surface area (Å²) in [4.78, 5) is 0. The Hall–Kier alpha value is -0.160. The molecule has 0 saturated carbocycles. The Morgan fingerprint density at radius 1 is 0.846 bits per heavy atom. The average molecular weight is 192 g/mol. The van der Waals surface area contributed by atoms with Gasteiger partial charge in [0, 0.05) is 0 Å². The molecule has 0 aliphatic carbocycles. The molecule has 0 aromatic rings. The fourth-order valence-electron chi connectivity index (χ4n) is 1.05. The summed E-state index contributed by atoms with van der Waals surface area (Å²) in [6.07, 6.45) is -2.05. The molecule has 4 nitrogen and oxygen atoms in total. The van der Waals surface area contributed by atoms with E-state index in [1.54, 1.807) is 6.92 Å². The molecule has 0 rings (SSSR count). The van der Waals surface area contributed by atoms with Gasteiger partial charge in [0.15, 0.2) is 0 Å². The first-order chi connectivity index (χ1) is 5.99. The molecule has 4 N–H and O–H groups in total. The van der Waals surface area contributed by atoms with Crippen LogP contribution in [0.5, 0.6) is 0 Å². The first-order valence-corrected chi connectivity index (χ1v) is 4.71. The Morgan fingerprint density at radius 2 is 1.31 bits per heavy atom. The summed E-state index contributed by atoms with van der Waals surface area (Å²) < 4.78 is 0. The molecular formula is C9H20O4. The van der Waals surface area contributed by atoms with E-state index in [1.807, 2.05) is 0 Å². The molecule has 0 aromatic carbocycles. The maximum Gasteiger partial charge on any atom is 0.0800 e. The zero-order valence-electron chi connectivity index (χ0n) is 8.22. The van der Waals surface area contributed by atoms with Gasteiger partial charge >= 0.3 is 0 Å². The number of aliphatic hydroxyl groups excluding tert-OH is 4. The van der Waals surface area contributed by atoms with E-state index in [9.17, 15) is 15.3 Å². The van der Waals surface area contributed by atoms with Gasteiger partial charge in [-0.05, 0) is 26.2 Å². The lowest BCUT2D eigenvalue weighted by atomic mass is 10.0. The smallest absolute Gasteiger partial charge is 0.0800 e. The Labute approximate surface area is 78.8 Å². The predicted octanol–water partition coefficient (Wildman–Crippen LogP) is -0.360. The van der Waals surface area contributed by atoms with Crippen LogP contribution in [0, 0.1) is 0 Å². The molecule has 4 unspecified atom stereocenters. The van der Waals surface area contributed by atoms with Gasteiger partial charge < -0.3 is 20.4 Å². The van der Waals surface area contributed by atoms with Crippen LogP contribution in [0.3, 0.4) is 0 Å². The monoisotopic (exact) mass is 192 g/mol. The lowest BCUT2D eigenvalue weighted by molar-refractivity contribution is -0.0146. The van der Waals surface area contributed by atoms with E-state index < -0.39 is 24.4 Å². The maximum absolute atomic E-state index is 9.31. The Bertz CT molecular complexity index is 127. The van der Waals surface area contributed by atoms with Gasteiger partial charge in [0.2, 0.25) is 0 Å². The summed E-state index contributed by atoms with van der Waals surface area (Å²) in [6, 6.07) is 0. The third kappa shape index (κ3) is 5.21. The summed E-state index contributed by atoms with van der Waals surface area (Å²) >= 11 is 0. The highest BCUT2D eigenvalue weighted by Gasteiger charge is 2.17. The molecule has 0 aromatic heterocycles. The largest absolute Gasteiger partial charge is 0.391 e. The van der Waals surface area contributed by atoms with E-state index in [0.29, 0.717) is 19.3 Å². The van der Waals surface area contributed by atoms with Crippen LogP contribution in [0.25, 0.3) is 0 Å². The molecule has 0 heterocycles. The van der Waals surface area contributed by atoms with Gasteiger partial charge in [0.25, 0.3) is 0 Å². The van der Waals surface area contributed by atoms with Crippen LogP contribution in [0.4, 0.5) is 0 Å². The quantitative estimate of drug-likeness (QED) is 0.463. The topological polar surface area (TPSA) is 80.9 Å². The van der Waals surface area contributed by atoms with Crippen molar-refractivity contribution in [3.8, 4) is 0 Å².